The Hall–Kier alpha value is -0.0800. The van der Waals surface area contributed by atoms with Gasteiger partial charge in [0.05, 0.1) is 0 Å². The number of hydrogen-bond donors (Lipinski definition) is 0. The summed E-state index contributed by atoms with van der Waals surface area (Å²) in [6.07, 6.45) is 57.8. The summed E-state index contributed by atoms with van der Waals surface area (Å²) < 4.78 is 0. The summed E-state index contributed by atoms with van der Waals surface area (Å²) in [5.41, 5.74) is 0. The molecule has 0 aromatic rings. The van der Waals surface area contributed by atoms with Crippen molar-refractivity contribution in [2.75, 3.05) is 39.3 Å². The second-order valence-electron chi connectivity index (χ2n) is 17.4. The predicted octanol–water partition coefficient (Wildman–Crippen LogP) is 17.3. The van der Waals surface area contributed by atoms with E-state index >= 15 is 0 Å². The van der Waals surface area contributed by atoms with E-state index in [9.17, 15) is 0 Å². The van der Waals surface area contributed by atoms with E-state index in [1.165, 1.54) is 296 Å². The van der Waals surface area contributed by atoms with Crippen molar-refractivity contribution in [1.82, 2.24) is 9.80 Å². The Balaban J connectivity index is 4.43. The number of rotatable bonds is 47. The van der Waals surface area contributed by atoms with Crippen LogP contribution in [0.15, 0.2) is 0 Å². The molecule has 0 N–H and O–H groups in total. The van der Waals surface area contributed by atoms with Crippen LogP contribution in [0.25, 0.3) is 0 Å². The normalized spacial score (nSPS) is 11.9. The third kappa shape index (κ3) is 42.7. The Kier molecular flexibility index (Phi) is 47.0. The lowest BCUT2D eigenvalue weighted by Crippen LogP contribution is -2.28. The molecule has 314 valence electrons. The topological polar surface area (TPSA) is 6.48 Å². The second kappa shape index (κ2) is 47.1. The molecule has 0 heterocycles. The lowest BCUT2D eigenvalue weighted by atomic mass is 10.1. The van der Waals surface area contributed by atoms with Crippen molar-refractivity contribution >= 4 is 0 Å². The van der Waals surface area contributed by atoms with Gasteiger partial charge >= 0.3 is 0 Å². The van der Waals surface area contributed by atoms with Crippen molar-refractivity contribution in [2.24, 2.45) is 0 Å². The minimum Gasteiger partial charge on any atom is -0.303 e. The molecule has 52 heavy (non-hydrogen) atoms. The highest BCUT2D eigenvalue weighted by Gasteiger charge is 2.08. The molecule has 0 amide bonds. The molecular formula is C50H104N2. The van der Waals surface area contributed by atoms with Gasteiger partial charge in [-0.25, -0.2) is 0 Å². The van der Waals surface area contributed by atoms with Crippen LogP contribution in [0.4, 0.5) is 0 Å². The zero-order valence-electron chi connectivity index (χ0n) is 37.4. The molecule has 0 bridgehead atoms. The molecule has 0 rings (SSSR count). The van der Waals surface area contributed by atoms with Crippen molar-refractivity contribution in [3.8, 4) is 0 Å². The van der Waals surface area contributed by atoms with Crippen LogP contribution in [0.3, 0.4) is 0 Å². The lowest BCUT2D eigenvalue weighted by molar-refractivity contribution is 0.244. The third-order valence-electron chi connectivity index (χ3n) is 12.0. The van der Waals surface area contributed by atoms with Gasteiger partial charge in [-0.05, 0) is 77.8 Å². The smallest absolute Gasteiger partial charge is 0.00187 e. The Labute approximate surface area is 332 Å². The summed E-state index contributed by atoms with van der Waals surface area (Å²) in [5, 5.41) is 0. The molecule has 0 unspecified atom stereocenters. The fourth-order valence-corrected chi connectivity index (χ4v) is 8.28. The monoisotopic (exact) mass is 733 g/mol. The van der Waals surface area contributed by atoms with Crippen LogP contribution in [0.1, 0.15) is 285 Å². The van der Waals surface area contributed by atoms with E-state index in [-0.39, 0.29) is 0 Å². The minimum atomic E-state index is 1.36. The average Bonchev–Trinajstić information content (AvgIpc) is 3.15. The first-order valence-electron chi connectivity index (χ1n) is 25.2. The van der Waals surface area contributed by atoms with Crippen molar-refractivity contribution in [2.45, 2.75) is 285 Å². The summed E-state index contributed by atoms with van der Waals surface area (Å²) in [4.78, 5) is 5.75. The summed E-state index contributed by atoms with van der Waals surface area (Å²) in [7, 11) is 0. The molecule has 0 fully saturated rings. The van der Waals surface area contributed by atoms with Gasteiger partial charge in [-0.1, -0.05) is 246 Å². The van der Waals surface area contributed by atoms with E-state index in [4.69, 9.17) is 0 Å². The molecule has 0 radical (unpaired) electrons. The highest BCUT2D eigenvalue weighted by atomic mass is 15.1. The van der Waals surface area contributed by atoms with Gasteiger partial charge in [-0.2, -0.15) is 0 Å². The molecule has 0 atom stereocenters. The highest BCUT2D eigenvalue weighted by molar-refractivity contribution is 4.63. The molecule has 0 aromatic heterocycles. The zero-order chi connectivity index (χ0) is 37.7. The summed E-state index contributed by atoms with van der Waals surface area (Å²) in [5.74, 6) is 0. The summed E-state index contributed by atoms with van der Waals surface area (Å²) >= 11 is 0. The third-order valence-corrected chi connectivity index (χ3v) is 12.0. The van der Waals surface area contributed by atoms with E-state index in [0.29, 0.717) is 0 Å². The minimum absolute atomic E-state index is 1.36. The van der Waals surface area contributed by atoms with Crippen molar-refractivity contribution in [3.63, 3.8) is 0 Å². The van der Waals surface area contributed by atoms with Crippen molar-refractivity contribution in [1.29, 1.82) is 0 Å². The Morgan fingerprint density at radius 1 is 0.154 bits per heavy atom. The van der Waals surface area contributed by atoms with E-state index in [1.54, 1.807) is 0 Å². The first-order valence-corrected chi connectivity index (χ1v) is 25.2. The summed E-state index contributed by atoms with van der Waals surface area (Å²) in [6, 6.07) is 0. The quantitative estimate of drug-likeness (QED) is 0.0575. The first-order chi connectivity index (χ1) is 25.8. The zero-order valence-corrected chi connectivity index (χ0v) is 37.4. The fraction of sp³-hybridized carbons (Fsp3) is 1.00. The number of hydrogen-bond acceptors (Lipinski definition) is 2. The molecule has 0 aliphatic carbocycles. The van der Waals surface area contributed by atoms with Crippen LogP contribution in [-0.4, -0.2) is 49.1 Å². The molecule has 2 nitrogen and oxygen atoms in total. The predicted molar refractivity (Wildman–Crippen MR) is 240 cm³/mol. The van der Waals surface area contributed by atoms with Gasteiger partial charge in [-0.3, -0.25) is 0 Å². The molecule has 0 aromatic carbocycles. The summed E-state index contributed by atoms with van der Waals surface area (Å²) in [6.45, 7) is 17.5. The van der Waals surface area contributed by atoms with Crippen LogP contribution in [-0.2, 0) is 0 Å². The van der Waals surface area contributed by atoms with E-state index in [2.05, 4.69) is 37.5 Å². The molecular weight excluding hydrogens is 629 g/mol. The number of unbranched alkanes of at least 4 members (excludes halogenated alkanes) is 35. The molecule has 0 saturated heterocycles. The van der Waals surface area contributed by atoms with Crippen LogP contribution >= 0.6 is 0 Å². The van der Waals surface area contributed by atoms with Crippen LogP contribution < -0.4 is 0 Å². The van der Waals surface area contributed by atoms with Gasteiger partial charge in [0.25, 0.3) is 0 Å². The van der Waals surface area contributed by atoms with Gasteiger partial charge in [0.15, 0.2) is 0 Å². The Bertz CT molecular complexity index is 509. The van der Waals surface area contributed by atoms with E-state index in [0.717, 1.165) is 0 Å². The Morgan fingerprint density at radius 2 is 0.269 bits per heavy atom. The Morgan fingerprint density at radius 3 is 0.404 bits per heavy atom. The van der Waals surface area contributed by atoms with Crippen molar-refractivity contribution in [3.05, 3.63) is 0 Å². The SMILES string of the molecule is CCCCCCCCCCCN(CCCCCCCCCCC)CCCCCCN(CCCCCCCCCCC)CCCCCCCCCCC. The maximum absolute atomic E-state index is 2.88. The van der Waals surface area contributed by atoms with Gasteiger partial charge in [0, 0.05) is 0 Å². The first kappa shape index (κ1) is 51.9. The standard InChI is InChI=1S/C50H104N2/c1-5-9-13-17-21-25-29-33-39-45-51(46-40-34-30-26-22-18-14-10-6-2)49-43-37-38-44-50-52(47-41-35-31-27-23-19-15-11-7-3)48-42-36-32-28-24-20-16-12-8-4/h5-50H2,1-4H3. The molecule has 0 spiro atoms. The number of nitrogens with zero attached hydrogens (tertiary/aromatic N) is 2. The van der Waals surface area contributed by atoms with Crippen LogP contribution in [0.5, 0.6) is 0 Å². The fourth-order valence-electron chi connectivity index (χ4n) is 8.28. The van der Waals surface area contributed by atoms with Crippen LogP contribution in [0.2, 0.25) is 0 Å². The highest BCUT2D eigenvalue weighted by Crippen LogP contribution is 2.15. The second-order valence-corrected chi connectivity index (χ2v) is 17.4. The van der Waals surface area contributed by atoms with Gasteiger partial charge < -0.3 is 9.80 Å². The molecule has 0 aliphatic rings. The maximum Gasteiger partial charge on any atom is -0.00187 e. The van der Waals surface area contributed by atoms with Crippen molar-refractivity contribution < 1.29 is 0 Å². The molecule has 2 heteroatoms. The van der Waals surface area contributed by atoms with Crippen LogP contribution in [0, 0.1) is 0 Å². The van der Waals surface area contributed by atoms with Gasteiger partial charge in [0.1, 0.15) is 0 Å². The maximum atomic E-state index is 2.88. The van der Waals surface area contributed by atoms with E-state index < -0.39 is 0 Å². The van der Waals surface area contributed by atoms with Gasteiger partial charge in [0.2, 0.25) is 0 Å². The molecule has 0 saturated carbocycles. The van der Waals surface area contributed by atoms with E-state index in [1.807, 2.05) is 0 Å². The lowest BCUT2D eigenvalue weighted by Gasteiger charge is -2.23. The van der Waals surface area contributed by atoms with Gasteiger partial charge in [-0.15, -0.1) is 0 Å². The average molecular weight is 733 g/mol. The molecule has 0 aliphatic heterocycles. The largest absolute Gasteiger partial charge is 0.303 e.